The standard InChI is InChI=1S/C23H16ClFN4O3/c24-16-7-4-6-15(12-16)14-28-22(31)20(21(30)26-18-9-5-8-17(25)13-18)27-29(23(28)32)19-10-2-1-3-11-19/h1-13H,14H2,(H,26,30). The summed E-state index contributed by atoms with van der Waals surface area (Å²) in [4.78, 5) is 39.0. The van der Waals surface area contributed by atoms with Gasteiger partial charge in [0.2, 0.25) is 5.69 Å². The first kappa shape index (κ1) is 21.2. The summed E-state index contributed by atoms with van der Waals surface area (Å²) in [6.45, 7) is -0.117. The van der Waals surface area contributed by atoms with Gasteiger partial charge in [0, 0.05) is 10.7 Å². The zero-order chi connectivity index (χ0) is 22.7. The first-order valence-electron chi connectivity index (χ1n) is 9.53. The molecule has 0 unspecified atom stereocenters. The van der Waals surface area contributed by atoms with Crippen molar-refractivity contribution in [3.8, 4) is 5.69 Å². The van der Waals surface area contributed by atoms with E-state index in [0.717, 1.165) is 15.3 Å². The Hall–Kier alpha value is -4.04. The summed E-state index contributed by atoms with van der Waals surface area (Å²) < 4.78 is 15.4. The molecule has 0 aliphatic heterocycles. The molecule has 0 aliphatic carbocycles. The minimum atomic E-state index is -0.879. The molecule has 0 spiro atoms. The van der Waals surface area contributed by atoms with Gasteiger partial charge in [-0.1, -0.05) is 48.0 Å². The lowest BCUT2D eigenvalue weighted by molar-refractivity contribution is 0.101. The predicted molar refractivity (Wildman–Crippen MR) is 119 cm³/mol. The number of rotatable bonds is 5. The van der Waals surface area contributed by atoms with Crippen LogP contribution in [0.3, 0.4) is 0 Å². The number of nitrogens with one attached hydrogen (secondary N) is 1. The van der Waals surface area contributed by atoms with Crippen LogP contribution in [0.2, 0.25) is 5.02 Å². The first-order valence-corrected chi connectivity index (χ1v) is 9.91. The van der Waals surface area contributed by atoms with Crippen LogP contribution in [0.15, 0.2) is 88.5 Å². The molecular weight excluding hydrogens is 435 g/mol. The van der Waals surface area contributed by atoms with E-state index in [1.165, 1.54) is 18.2 Å². The minimum absolute atomic E-state index is 0.117. The third kappa shape index (κ3) is 4.50. The highest BCUT2D eigenvalue weighted by Gasteiger charge is 2.21. The van der Waals surface area contributed by atoms with E-state index in [0.29, 0.717) is 16.3 Å². The van der Waals surface area contributed by atoms with Gasteiger partial charge < -0.3 is 5.32 Å². The summed E-state index contributed by atoms with van der Waals surface area (Å²) in [5.41, 5.74) is -0.995. The highest BCUT2D eigenvalue weighted by Crippen LogP contribution is 2.12. The van der Waals surface area contributed by atoms with Gasteiger partial charge in [-0.15, -0.1) is 0 Å². The third-order valence-corrected chi connectivity index (χ3v) is 4.82. The normalized spacial score (nSPS) is 10.7. The van der Waals surface area contributed by atoms with Crippen LogP contribution in [0.25, 0.3) is 5.69 Å². The van der Waals surface area contributed by atoms with Gasteiger partial charge in [-0.3, -0.25) is 14.2 Å². The van der Waals surface area contributed by atoms with Gasteiger partial charge in [0.25, 0.3) is 11.5 Å². The monoisotopic (exact) mass is 450 g/mol. The Morgan fingerprint density at radius 2 is 1.72 bits per heavy atom. The molecule has 1 N–H and O–H groups in total. The molecule has 160 valence electrons. The summed E-state index contributed by atoms with van der Waals surface area (Å²) in [5, 5.41) is 6.91. The van der Waals surface area contributed by atoms with Crippen LogP contribution in [0.1, 0.15) is 16.1 Å². The number of hydrogen-bond donors (Lipinski definition) is 1. The Morgan fingerprint density at radius 1 is 0.969 bits per heavy atom. The molecule has 1 heterocycles. The lowest BCUT2D eigenvalue weighted by atomic mass is 10.2. The molecule has 7 nitrogen and oxygen atoms in total. The van der Waals surface area contributed by atoms with Gasteiger partial charge >= 0.3 is 5.69 Å². The van der Waals surface area contributed by atoms with Crippen molar-refractivity contribution in [1.29, 1.82) is 0 Å². The van der Waals surface area contributed by atoms with Crippen molar-refractivity contribution < 1.29 is 9.18 Å². The molecule has 3 aromatic carbocycles. The van der Waals surface area contributed by atoms with Gasteiger partial charge in [0.15, 0.2) is 0 Å². The maximum atomic E-state index is 13.5. The number of benzene rings is 3. The second-order valence-electron chi connectivity index (χ2n) is 6.86. The Labute approximate surface area is 186 Å². The zero-order valence-electron chi connectivity index (χ0n) is 16.5. The van der Waals surface area contributed by atoms with E-state index in [2.05, 4.69) is 10.4 Å². The predicted octanol–water partition coefficient (Wildman–Crippen LogP) is 3.49. The van der Waals surface area contributed by atoms with Crippen LogP contribution < -0.4 is 16.6 Å². The van der Waals surface area contributed by atoms with Gasteiger partial charge in [-0.25, -0.2) is 9.18 Å². The SMILES string of the molecule is O=C(Nc1cccc(F)c1)c1nn(-c2ccccc2)c(=O)n(Cc2cccc(Cl)c2)c1=O. The van der Waals surface area contributed by atoms with Crippen LogP contribution in [0.5, 0.6) is 0 Å². The number of anilines is 1. The summed E-state index contributed by atoms with van der Waals surface area (Å²) in [7, 11) is 0. The van der Waals surface area contributed by atoms with Gasteiger partial charge in [0.05, 0.1) is 12.2 Å². The average Bonchev–Trinajstić information content (AvgIpc) is 2.77. The van der Waals surface area contributed by atoms with Crippen LogP contribution in [-0.4, -0.2) is 20.3 Å². The van der Waals surface area contributed by atoms with Crippen molar-refractivity contribution in [2.45, 2.75) is 6.54 Å². The number of amides is 1. The Bertz CT molecular complexity index is 1420. The van der Waals surface area contributed by atoms with Gasteiger partial charge in [0.1, 0.15) is 5.82 Å². The van der Waals surface area contributed by atoms with E-state index in [1.807, 2.05) is 0 Å². The number of para-hydroxylation sites is 1. The molecule has 4 aromatic rings. The highest BCUT2D eigenvalue weighted by molar-refractivity contribution is 6.30. The third-order valence-electron chi connectivity index (χ3n) is 4.59. The molecule has 0 fully saturated rings. The van der Waals surface area contributed by atoms with E-state index < -0.39 is 28.7 Å². The number of nitrogens with zero attached hydrogens (tertiary/aromatic N) is 3. The maximum Gasteiger partial charge on any atom is 0.352 e. The van der Waals surface area contributed by atoms with Crippen molar-refractivity contribution in [2.24, 2.45) is 0 Å². The molecular formula is C23H16ClFN4O3. The second kappa shape index (κ2) is 8.99. The molecule has 0 saturated heterocycles. The lowest BCUT2D eigenvalue weighted by Gasteiger charge is -2.12. The van der Waals surface area contributed by atoms with Crippen molar-refractivity contribution in [3.63, 3.8) is 0 Å². The fraction of sp³-hybridized carbons (Fsp3) is 0.0435. The lowest BCUT2D eigenvalue weighted by Crippen LogP contribution is -2.45. The molecule has 32 heavy (non-hydrogen) atoms. The molecule has 0 atom stereocenters. The van der Waals surface area contributed by atoms with Gasteiger partial charge in [-0.2, -0.15) is 9.78 Å². The Balaban J connectivity index is 1.84. The number of aromatic nitrogens is 3. The fourth-order valence-corrected chi connectivity index (χ4v) is 3.32. The molecule has 0 aliphatic rings. The van der Waals surface area contributed by atoms with Crippen LogP contribution in [0, 0.1) is 5.82 Å². The maximum absolute atomic E-state index is 13.5. The van der Waals surface area contributed by atoms with E-state index in [-0.39, 0.29) is 12.2 Å². The molecule has 9 heteroatoms. The van der Waals surface area contributed by atoms with Crippen molar-refractivity contribution in [1.82, 2.24) is 14.3 Å². The van der Waals surface area contributed by atoms with Gasteiger partial charge in [-0.05, 0) is 48.0 Å². The Morgan fingerprint density at radius 3 is 2.44 bits per heavy atom. The molecule has 0 bridgehead atoms. The van der Waals surface area contributed by atoms with E-state index >= 15 is 0 Å². The highest BCUT2D eigenvalue weighted by atomic mass is 35.5. The van der Waals surface area contributed by atoms with E-state index in [4.69, 9.17) is 11.6 Å². The number of hydrogen-bond acceptors (Lipinski definition) is 4. The summed E-state index contributed by atoms with van der Waals surface area (Å²) >= 11 is 6.02. The van der Waals surface area contributed by atoms with Crippen LogP contribution in [-0.2, 0) is 6.54 Å². The van der Waals surface area contributed by atoms with E-state index in [1.54, 1.807) is 54.6 Å². The topological polar surface area (TPSA) is 86.0 Å². The smallest absolute Gasteiger partial charge is 0.320 e. The number of halogens is 2. The molecule has 0 saturated carbocycles. The fourth-order valence-electron chi connectivity index (χ4n) is 3.11. The first-order chi connectivity index (χ1) is 15.4. The summed E-state index contributed by atoms with van der Waals surface area (Å²) in [6, 6.07) is 20.3. The average molecular weight is 451 g/mol. The van der Waals surface area contributed by atoms with Crippen LogP contribution in [0.4, 0.5) is 10.1 Å². The molecule has 1 aromatic heterocycles. The zero-order valence-corrected chi connectivity index (χ0v) is 17.3. The molecule has 0 radical (unpaired) electrons. The van der Waals surface area contributed by atoms with E-state index in [9.17, 15) is 18.8 Å². The minimum Gasteiger partial charge on any atom is -0.320 e. The number of carbonyl (C=O) groups is 1. The molecule has 1 amide bonds. The Kier molecular flexibility index (Phi) is 5.96. The quantitative estimate of drug-likeness (QED) is 0.504. The number of carbonyl (C=O) groups excluding carboxylic acids is 1. The van der Waals surface area contributed by atoms with Crippen LogP contribution >= 0.6 is 11.6 Å². The van der Waals surface area contributed by atoms with Crippen molar-refractivity contribution in [2.75, 3.05) is 5.32 Å². The van der Waals surface area contributed by atoms with Crippen molar-refractivity contribution in [3.05, 3.63) is 122 Å². The summed E-state index contributed by atoms with van der Waals surface area (Å²) in [5.74, 6) is -1.42. The van der Waals surface area contributed by atoms with Crippen molar-refractivity contribution >= 4 is 23.2 Å². The second-order valence-corrected chi connectivity index (χ2v) is 7.30. The largest absolute Gasteiger partial charge is 0.352 e. The summed E-state index contributed by atoms with van der Waals surface area (Å²) in [6.07, 6.45) is 0. The molecule has 4 rings (SSSR count).